The summed E-state index contributed by atoms with van der Waals surface area (Å²) >= 11 is 0. The van der Waals surface area contributed by atoms with Crippen molar-refractivity contribution in [3.8, 4) is 22.4 Å². The van der Waals surface area contributed by atoms with Crippen molar-refractivity contribution in [3.63, 3.8) is 0 Å². The molecular weight excluding hydrogens is 442 g/mol. The molecule has 0 unspecified atom stereocenters. The first kappa shape index (κ1) is 22.6. The number of benzene rings is 2. The van der Waals surface area contributed by atoms with Gasteiger partial charge in [-0.3, -0.25) is 20.0 Å². The van der Waals surface area contributed by atoms with E-state index in [-0.39, 0.29) is 5.91 Å². The number of nitrogens with zero attached hydrogens (tertiary/aromatic N) is 3. The fourth-order valence-corrected chi connectivity index (χ4v) is 4.23. The van der Waals surface area contributed by atoms with Crippen LogP contribution in [0.4, 0.5) is 0 Å². The van der Waals surface area contributed by atoms with E-state index < -0.39 is 5.91 Å². The molecule has 0 spiro atoms. The van der Waals surface area contributed by atoms with Crippen LogP contribution in [0.15, 0.2) is 73.1 Å². The van der Waals surface area contributed by atoms with Gasteiger partial charge in [0.25, 0.3) is 5.91 Å². The molecule has 0 saturated carbocycles. The molecule has 0 radical (unpaired) electrons. The summed E-state index contributed by atoms with van der Waals surface area (Å²) in [5.41, 5.74) is 7.93. The summed E-state index contributed by atoms with van der Waals surface area (Å²) in [6.07, 6.45) is 3.64. The van der Waals surface area contributed by atoms with Gasteiger partial charge >= 0.3 is 0 Å². The Balaban J connectivity index is 1.35. The number of amides is 2. The lowest BCUT2D eigenvalue weighted by molar-refractivity contribution is -0.134. The van der Waals surface area contributed by atoms with Gasteiger partial charge in [-0.1, -0.05) is 48.5 Å². The molecular formula is C27H25N5O3. The summed E-state index contributed by atoms with van der Waals surface area (Å²) in [5, 5.41) is 0.642. The highest BCUT2D eigenvalue weighted by Gasteiger charge is 2.17. The molecule has 2 aromatic carbocycles. The smallest absolute Gasteiger partial charge is 0.265 e. The molecule has 35 heavy (non-hydrogen) atoms. The summed E-state index contributed by atoms with van der Waals surface area (Å²) in [6.45, 7) is 2.53. The van der Waals surface area contributed by atoms with E-state index in [1.807, 2.05) is 53.4 Å². The van der Waals surface area contributed by atoms with Crippen molar-refractivity contribution >= 4 is 22.7 Å². The van der Waals surface area contributed by atoms with Crippen LogP contribution in [0.1, 0.15) is 15.9 Å². The number of hydrogen-bond donors (Lipinski definition) is 2. The predicted octanol–water partition coefficient (Wildman–Crippen LogP) is 2.97. The summed E-state index contributed by atoms with van der Waals surface area (Å²) in [6, 6.07) is 19.5. The van der Waals surface area contributed by atoms with Gasteiger partial charge in [0.2, 0.25) is 5.91 Å². The second kappa shape index (κ2) is 10.0. The molecule has 1 aliphatic rings. The molecule has 3 N–H and O–H groups in total. The largest absolute Gasteiger partial charge is 0.378 e. The number of carbonyl (C=O) groups is 2. The van der Waals surface area contributed by atoms with Crippen LogP contribution >= 0.6 is 0 Å². The second-order valence-corrected chi connectivity index (χ2v) is 8.37. The Kier molecular flexibility index (Phi) is 6.47. The normalized spacial score (nSPS) is 13.6. The number of fused-ring (bicyclic) bond motifs is 1. The second-order valence-electron chi connectivity index (χ2n) is 8.37. The van der Waals surface area contributed by atoms with Crippen molar-refractivity contribution in [2.45, 2.75) is 6.42 Å². The van der Waals surface area contributed by atoms with E-state index in [0.29, 0.717) is 54.9 Å². The minimum absolute atomic E-state index is 0.131. The maximum absolute atomic E-state index is 12.5. The Morgan fingerprint density at radius 2 is 1.60 bits per heavy atom. The van der Waals surface area contributed by atoms with E-state index in [0.717, 1.165) is 22.3 Å². The van der Waals surface area contributed by atoms with Gasteiger partial charge in [0.1, 0.15) is 0 Å². The first-order valence-electron chi connectivity index (χ1n) is 11.4. The predicted molar refractivity (Wildman–Crippen MR) is 133 cm³/mol. The molecule has 1 aliphatic heterocycles. The maximum Gasteiger partial charge on any atom is 0.265 e. The number of rotatable bonds is 5. The molecule has 8 heteroatoms. The SMILES string of the molecule is NNC(=O)c1cc(-c2ccc(-c3ccc(CC(=O)N4CCOCC4)cc3)cc2)nc2ccncc12. The average Bonchev–Trinajstić information content (AvgIpc) is 2.93. The van der Waals surface area contributed by atoms with Crippen LogP contribution in [-0.2, 0) is 16.0 Å². The minimum atomic E-state index is -0.393. The fraction of sp³-hybridized carbons (Fsp3) is 0.185. The Morgan fingerprint density at radius 3 is 2.29 bits per heavy atom. The van der Waals surface area contributed by atoms with E-state index in [2.05, 4.69) is 10.4 Å². The van der Waals surface area contributed by atoms with Gasteiger partial charge in [0.15, 0.2) is 0 Å². The number of nitrogens with two attached hydrogens (primary N) is 1. The number of ether oxygens (including phenoxy) is 1. The Bertz CT molecular complexity index is 1360. The number of nitrogens with one attached hydrogen (secondary N) is 1. The number of nitrogen functional groups attached to an aromatic ring is 1. The standard InChI is InChI=1S/C27H25N5O3/c28-31-27(34)22-16-25(30-24-9-10-29-17-23(22)24)21-7-5-20(6-8-21)19-3-1-18(2-4-19)15-26(33)32-11-13-35-14-12-32/h1-10,16-17H,11-15,28H2,(H,31,34). The van der Waals surface area contributed by atoms with Crippen LogP contribution in [-0.4, -0.2) is 53.0 Å². The zero-order valence-corrected chi connectivity index (χ0v) is 19.1. The van der Waals surface area contributed by atoms with Crippen LogP contribution in [0.3, 0.4) is 0 Å². The highest BCUT2D eigenvalue weighted by Crippen LogP contribution is 2.27. The van der Waals surface area contributed by atoms with Crippen LogP contribution in [0.5, 0.6) is 0 Å². The number of pyridine rings is 2. The quantitative estimate of drug-likeness (QED) is 0.265. The number of aromatic nitrogens is 2. The van der Waals surface area contributed by atoms with Gasteiger partial charge in [-0.2, -0.15) is 0 Å². The Labute approximate surface area is 202 Å². The van der Waals surface area contributed by atoms with Crippen molar-refractivity contribution in [3.05, 3.63) is 84.2 Å². The Morgan fingerprint density at radius 1 is 0.943 bits per heavy atom. The van der Waals surface area contributed by atoms with Crippen molar-refractivity contribution < 1.29 is 14.3 Å². The maximum atomic E-state index is 12.5. The molecule has 0 atom stereocenters. The zero-order chi connectivity index (χ0) is 24.2. The molecule has 0 aliphatic carbocycles. The topological polar surface area (TPSA) is 110 Å². The van der Waals surface area contributed by atoms with Gasteiger partial charge in [-0.05, 0) is 28.8 Å². The van der Waals surface area contributed by atoms with Crippen molar-refractivity contribution in [1.29, 1.82) is 0 Å². The highest BCUT2D eigenvalue weighted by molar-refractivity contribution is 6.06. The first-order valence-corrected chi connectivity index (χ1v) is 11.4. The van der Waals surface area contributed by atoms with E-state index in [4.69, 9.17) is 15.6 Å². The number of carbonyl (C=O) groups excluding carboxylic acids is 2. The summed E-state index contributed by atoms with van der Waals surface area (Å²) < 4.78 is 5.32. The lowest BCUT2D eigenvalue weighted by atomic mass is 9.99. The third kappa shape index (κ3) is 4.89. The van der Waals surface area contributed by atoms with E-state index >= 15 is 0 Å². The van der Waals surface area contributed by atoms with Crippen LogP contribution in [0.2, 0.25) is 0 Å². The fourth-order valence-electron chi connectivity index (χ4n) is 4.23. The van der Waals surface area contributed by atoms with Crippen molar-refractivity contribution in [2.75, 3.05) is 26.3 Å². The van der Waals surface area contributed by atoms with Gasteiger partial charge < -0.3 is 9.64 Å². The third-order valence-electron chi connectivity index (χ3n) is 6.17. The first-order chi connectivity index (χ1) is 17.1. The molecule has 176 valence electrons. The molecule has 1 fully saturated rings. The molecule has 8 nitrogen and oxygen atoms in total. The molecule has 2 amide bonds. The van der Waals surface area contributed by atoms with Crippen LogP contribution in [0.25, 0.3) is 33.3 Å². The van der Waals surface area contributed by atoms with Gasteiger partial charge in [-0.15, -0.1) is 0 Å². The Hall–Kier alpha value is -4.14. The molecule has 3 heterocycles. The van der Waals surface area contributed by atoms with Crippen molar-refractivity contribution in [1.82, 2.24) is 20.3 Å². The minimum Gasteiger partial charge on any atom is -0.378 e. The molecule has 1 saturated heterocycles. The van der Waals surface area contributed by atoms with Crippen molar-refractivity contribution in [2.24, 2.45) is 5.84 Å². The molecule has 4 aromatic rings. The summed E-state index contributed by atoms with van der Waals surface area (Å²) in [7, 11) is 0. The third-order valence-corrected chi connectivity index (χ3v) is 6.17. The highest BCUT2D eigenvalue weighted by atomic mass is 16.5. The lowest BCUT2D eigenvalue weighted by Gasteiger charge is -2.26. The lowest BCUT2D eigenvalue weighted by Crippen LogP contribution is -2.41. The van der Waals surface area contributed by atoms with Crippen LogP contribution in [0, 0.1) is 0 Å². The van der Waals surface area contributed by atoms with Gasteiger partial charge in [-0.25, -0.2) is 10.8 Å². The summed E-state index contributed by atoms with van der Waals surface area (Å²) in [5.74, 6) is 5.11. The molecule has 5 rings (SSSR count). The van der Waals surface area contributed by atoms with E-state index in [1.165, 1.54) is 0 Å². The number of hydrazine groups is 1. The van der Waals surface area contributed by atoms with Gasteiger partial charge in [0.05, 0.1) is 36.4 Å². The molecule has 2 aromatic heterocycles. The van der Waals surface area contributed by atoms with Crippen LogP contribution < -0.4 is 11.3 Å². The number of hydrogen-bond acceptors (Lipinski definition) is 6. The molecule has 0 bridgehead atoms. The van der Waals surface area contributed by atoms with E-state index in [9.17, 15) is 9.59 Å². The number of morpholine rings is 1. The summed E-state index contributed by atoms with van der Waals surface area (Å²) in [4.78, 5) is 35.5. The van der Waals surface area contributed by atoms with Gasteiger partial charge in [0, 0.05) is 36.4 Å². The monoisotopic (exact) mass is 467 g/mol. The zero-order valence-electron chi connectivity index (χ0n) is 19.1. The average molecular weight is 468 g/mol. The van der Waals surface area contributed by atoms with E-state index in [1.54, 1.807) is 24.5 Å².